The Morgan fingerprint density at radius 3 is 1.90 bits per heavy atom. The van der Waals surface area contributed by atoms with E-state index in [4.69, 9.17) is 0 Å². The smallest absolute Gasteiger partial charge is 0.358 e. The van der Waals surface area contributed by atoms with Gasteiger partial charge in [0.15, 0.2) is 0 Å². The molecule has 0 heterocycles. The second kappa shape index (κ2) is 15.0. The van der Waals surface area contributed by atoms with Gasteiger partial charge in [0.25, 0.3) is 0 Å². The van der Waals surface area contributed by atoms with Crippen LogP contribution in [0.15, 0.2) is 30.3 Å². The number of benzene rings is 1. The normalized spacial score (nSPS) is 33.7. The molecule has 4 saturated carbocycles. The molecule has 8 atom stereocenters. The van der Waals surface area contributed by atoms with Crippen molar-refractivity contribution in [3.05, 3.63) is 65.6 Å². The summed E-state index contributed by atoms with van der Waals surface area (Å²) < 4.78 is 0. The summed E-state index contributed by atoms with van der Waals surface area (Å²) in [4.78, 5) is 0. The monoisotopic (exact) mass is 660 g/mol. The molecule has 0 aliphatic heterocycles. The zero-order valence-corrected chi connectivity index (χ0v) is 33.5. The minimum atomic E-state index is -1.28. The second-order valence-corrected chi connectivity index (χ2v) is 37.3. The molecule has 4 aliphatic carbocycles. The molecular formula is C35H66Si3Zr. The van der Waals surface area contributed by atoms with E-state index in [0.717, 1.165) is 46.6 Å². The van der Waals surface area contributed by atoms with E-state index >= 15 is 0 Å². The van der Waals surface area contributed by atoms with E-state index in [9.17, 15) is 0 Å². The Bertz CT molecular complexity index is 845. The van der Waals surface area contributed by atoms with Crippen LogP contribution in [-0.4, -0.2) is 23.3 Å². The van der Waals surface area contributed by atoms with E-state index < -0.39 is 23.3 Å². The first-order valence-corrected chi connectivity index (χ1v) is 25.9. The van der Waals surface area contributed by atoms with Crippen LogP contribution < -0.4 is 0 Å². The molecule has 0 N–H and O–H groups in total. The largest absolute Gasteiger partial charge is 4.00 e. The average molecular weight is 662 g/mol. The standard InChI is InChI=1S/C31H54Si3.4CH3.Zr/c1-32(2,3)22-23-16-17-26(20-23)33(4,5)34(6,7)30-19-18-28-29(30)21-25-14-11-15-27(25)31(28)24-12-9-8-10-13-24;;;;;/h8-10,12-13,23,25-31H,11,14-22H2,1-7H3;4*1H3;/q;4*-1;+4. The van der Waals surface area contributed by atoms with Crippen molar-refractivity contribution in [2.24, 2.45) is 29.6 Å². The molecule has 5 rings (SSSR count). The molecule has 0 bridgehead atoms. The van der Waals surface area contributed by atoms with Gasteiger partial charge in [-0.05, 0) is 71.4 Å². The Labute approximate surface area is 269 Å². The molecule has 4 aliphatic rings. The SMILES string of the molecule is C[Si](C)(C)CC1CCC([Si](C)(C)[Si](C)(C)C2CCC3C2CC2CCCC2C3c2ccccc2)C1.[CH3-].[CH3-].[CH3-].[CH3-].[Zr+4]. The van der Waals surface area contributed by atoms with Crippen LogP contribution in [0, 0.1) is 59.3 Å². The van der Waals surface area contributed by atoms with Gasteiger partial charge in [0.05, 0.1) is 0 Å². The Morgan fingerprint density at radius 1 is 0.641 bits per heavy atom. The summed E-state index contributed by atoms with van der Waals surface area (Å²) in [5.74, 6) is 6.02. The second-order valence-electron chi connectivity index (χ2n) is 15.6. The molecule has 0 nitrogen and oxygen atoms in total. The summed E-state index contributed by atoms with van der Waals surface area (Å²) >= 11 is 0. The summed E-state index contributed by atoms with van der Waals surface area (Å²) in [7, 11) is -3.45. The predicted octanol–water partition coefficient (Wildman–Crippen LogP) is 11.8. The maximum Gasteiger partial charge on any atom is 4.00 e. The van der Waals surface area contributed by atoms with Crippen LogP contribution in [0.5, 0.6) is 0 Å². The van der Waals surface area contributed by atoms with Crippen molar-refractivity contribution < 1.29 is 26.2 Å². The Hall–Kier alpha value is 0.754. The Morgan fingerprint density at radius 2 is 1.28 bits per heavy atom. The molecule has 0 saturated heterocycles. The van der Waals surface area contributed by atoms with Gasteiger partial charge in [-0.1, -0.05) is 121 Å². The van der Waals surface area contributed by atoms with Crippen LogP contribution >= 0.6 is 0 Å². The predicted molar refractivity (Wildman–Crippen MR) is 184 cm³/mol. The minimum absolute atomic E-state index is 0. The van der Waals surface area contributed by atoms with Gasteiger partial charge in [0.2, 0.25) is 0 Å². The topological polar surface area (TPSA) is 0 Å². The fourth-order valence-corrected chi connectivity index (χ4v) is 26.4. The summed E-state index contributed by atoms with van der Waals surface area (Å²) in [6, 6.07) is 13.4. The van der Waals surface area contributed by atoms with Crippen molar-refractivity contribution in [3.63, 3.8) is 0 Å². The molecule has 222 valence electrons. The maximum absolute atomic E-state index is 2.91. The van der Waals surface area contributed by atoms with Gasteiger partial charge >= 0.3 is 26.2 Å². The number of fused-ring (bicyclic) bond motifs is 2. The number of hydrogen-bond donors (Lipinski definition) is 0. The maximum atomic E-state index is 2.91. The molecule has 1 aromatic rings. The molecule has 0 radical (unpaired) electrons. The van der Waals surface area contributed by atoms with Crippen LogP contribution in [0.1, 0.15) is 69.3 Å². The van der Waals surface area contributed by atoms with Crippen molar-refractivity contribution in [3.8, 4) is 0 Å². The molecule has 8 unspecified atom stereocenters. The molecule has 1 aromatic carbocycles. The molecule has 4 fully saturated rings. The summed E-state index contributed by atoms with van der Waals surface area (Å²) in [6.45, 7) is 19.4. The Balaban J connectivity index is 0.00000289. The van der Waals surface area contributed by atoms with E-state index in [1.54, 1.807) is 50.1 Å². The first kappa shape index (κ1) is 39.8. The van der Waals surface area contributed by atoms with Crippen molar-refractivity contribution in [2.75, 3.05) is 0 Å². The van der Waals surface area contributed by atoms with E-state index in [2.05, 4.69) is 76.2 Å². The van der Waals surface area contributed by atoms with Crippen LogP contribution in [0.3, 0.4) is 0 Å². The molecule has 0 aromatic heterocycles. The minimum Gasteiger partial charge on any atom is -0.358 e. The van der Waals surface area contributed by atoms with E-state index in [1.165, 1.54) is 19.3 Å². The van der Waals surface area contributed by atoms with Crippen molar-refractivity contribution in [1.29, 1.82) is 0 Å². The van der Waals surface area contributed by atoms with Gasteiger partial charge in [-0.3, -0.25) is 0 Å². The van der Waals surface area contributed by atoms with Crippen molar-refractivity contribution >= 4 is 23.3 Å². The summed E-state index contributed by atoms with van der Waals surface area (Å²) in [5, 5.41) is 0. The van der Waals surface area contributed by atoms with E-state index in [-0.39, 0.29) is 55.9 Å². The fourth-order valence-electron chi connectivity index (χ4n) is 10.2. The molecule has 4 heteroatoms. The number of hydrogen-bond acceptors (Lipinski definition) is 0. The van der Waals surface area contributed by atoms with Gasteiger partial charge in [-0.25, -0.2) is 0 Å². The van der Waals surface area contributed by atoms with Gasteiger partial charge in [0.1, 0.15) is 0 Å². The van der Waals surface area contributed by atoms with Crippen molar-refractivity contribution in [1.82, 2.24) is 0 Å². The van der Waals surface area contributed by atoms with Crippen LogP contribution in [0.4, 0.5) is 0 Å². The van der Waals surface area contributed by atoms with Gasteiger partial charge in [-0.2, -0.15) is 0 Å². The third-order valence-electron chi connectivity index (χ3n) is 12.3. The van der Waals surface area contributed by atoms with Crippen LogP contribution in [0.25, 0.3) is 0 Å². The third-order valence-corrected chi connectivity index (χ3v) is 34.9. The van der Waals surface area contributed by atoms with Crippen molar-refractivity contribution in [2.45, 2.75) is 127 Å². The zero-order valence-electron chi connectivity index (χ0n) is 28.1. The van der Waals surface area contributed by atoms with Gasteiger partial charge in [-0.15, -0.1) is 0 Å². The zero-order chi connectivity index (χ0) is 24.3. The van der Waals surface area contributed by atoms with Crippen LogP contribution in [0.2, 0.25) is 63.0 Å². The summed E-state index contributed by atoms with van der Waals surface area (Å²) in [5.41, 5.74) is 3.95. The molecular weight excluding hydrogens is 596 g/mol. The fraction of sp³-hybridized carbons (Fsp3) is 0.714. The first-order valence-electron chi connectivity index (χ1n) is 15.0. The third kappa shape index (κ3) is 7.64. The molecule has 39 heavy (non-hydrogen) atoms. The summed E-state index contributed by atoms with van der Waals surface area (Å²) in [6.07, 6.45) is 14.0. The molecule has 0 spiro atoms. The number of rotatable bonds is 6. The average Bonchev–Trinajstić information content (AvgIpc) is 3.50. The Kier molecular flexibility index (Phi) is 15.3. The van der Waals surface area contributed by atoms with E-state index in [1.807, 2.05) is 0 Å². The first-order chi connectivity index (χ1) is 16.0. The quantitative estimate of drug-likeness (QED) is 0.210. The van der Waals surface area contributed by atoms with Gasteiger partial charge < -0.3 is 29.7 Å². The van der Waals surface area contributed by atoms with E-state index in [0.29, 0.717) is 0 Å². The van der Waals surface area contributed by atoms with Crippen LogP contribution in [-0.2, 0) is 26.2 Å². The van der Waals surface area contributed by atoms with Gasteiger partial charge in [0, 0.05) is 23.3 Å². The molecule has 0 amide bonds.